The molecule has 1 aromatic carbocycles. The van der Waals surface area contributed by atoms with Gasteiger partial charge in [-0.3, -0.25) is 0 Å². The van der Waals surface area contributed by atoms with E-state index >= 15 is 0 Å². The summed E-state index contributed by atoms with van der Waals surface area (Å²) < 4.78 is 6.26. The maximum absolute atomic E-state index is 5.88. The molecule has 2 atom stereocenters. The topological polar surface area (TPSA) is 35.2 Å². The molecule has 0 bridgehead atoms. The van der Waals surface area contributed by atoms with E-state index in [1.54, 1.807) is 7.11 Å². The van der Waals surface area contributed by atoms with Crippen LogP contribution in [0.25, 0.3) is 0 Å². The second kappa shape index (κ2) is 7.85. The molecule has 0 saturated heterocycles. The van der Waals surface area contributed by atoms with Gasteiger partial charge in [-0.2, -0.15) is 0 Å². The quantitative estimate of drug-likeness (QED) is 0.839. The van der Waals surface area contributed by atoms with Crippen molar-refractivity contribution in [2.45, 2.75) is 19.8 Å². The molecule has 0 aromatic heterocycles. The van der Waals surface area contributed by atoms with Gasteiger partial charge < -0.3 is 10.5 Å². The molecule has 96 valence electrons. The second-order valence-electron chi connectivity index (χ2n) is 4.59. The van der Waals surface area contributed by atoms with E-state index < -0.39 is 0 Å². The van der Waals surface area contributed by atoms with Crippen molar-refractivity contribution in [3.05, 3.63) is 34.3 Å². The molecule has 2 nitrogen and oxygen atoms in total. The molecule has 3 heteroatoms. The lowest BCUT2D eigenvalue weighted by atomic mass is 9.86. The molecular formula is C14H22BrNO. The van der Waals surface area contributed by atoms with Gasteiger partial charge in [0.15, 0.2) is 0 Å². The Labute approximate surface area is 113 Å². The number of benzene rings is 1. The predicted octanol–water partition coefficient (Wildman–Crippen LogP) is 3.24. The Morgan fingerprint density at radius 1 is 1.41 bits per heavy atom. The summed E-state index contributed by atoms with van der Waals surface area (Å²) in [5, 5.41) is 0. The normalized spacial score (nSPS) is 14.6. The largest absolute Gasteiger partial charge is 0.385 e. The third-order valence-electron chi connectivity index (χ3n) is 3.27. The number of halogens is 1. The fourth-order valence-corrected chi connectivity index (χ4v) is 2.47. The second-order valence-corrected chi connectivity index (χ2v) is 5.50. The molecule has 0 radical (unpaired) electrons. The van der Waals surface area contributed by atoms with Gasteiger partial charge in [-0.25, -0.2) is 0 Å². The molecule has 17 heavy (non-hydrogen) atoms. The van der Waals surface area contributed by atoms with E-state index in [-0.39, 0.29) is 0 Å². The fourth-order valence-electron chi connectivity index (χ4n) is 2.02. The summed E-state index contributed by atoms with van der Waals surface area (Å²) in [6, 6.07) is 8.46. The van der Waals surface area contributed by atoms with E-state index in [0.717, 1.165) is 30.5 Å². The summed E-state index contributed by atoms with van der Waals surface area (Å²) in [5.41, 5.74) is 7.23. The highest BCUT2D eigenvalue weighted by molar-refractivity contribution is 9.10. The van der Waals surface area contributed by atoms with E-state index in [0.29, 0.717) is 11.8 Å². The number of hydrogen-bond acceptors (Lipinski definition) is 2. The number of rotatable bonds is 7. The lowest BCUT2D eigenvalue weighted by Crippen LogP contribution is -2.24. The van der Waals surface area contributed by atoms with Crippen LogP contribution in [0, 0.1) is 11.8 Å². The zero-order valence-electron chi connectivity index (χ0n) is 10.7. The van der Waals surface area contributed by atoms with Crippen molar-refractivity contribution in [3.8, 4) is 0 Å². The average molecular weight is 300 g/mol. The van der Waals surface area contributed by atoms with Crippen molar-refractivity contribution in [2.75, 3.05) is 20.3 Å². The molecule has 1 rings (SSSR count). The lowest BCUT2D eigenvalue weighted by molar-refractivity contribution is 0.166. The minimum Gasteiger partial charge on any atom is -0.385 e. The standard InChI is InChI=1S/C14H22BrNO/c1-11(6-7-17-2)13(10-16)8-12-4-3-5-14(15)9-12/h3-5,9,11,13H,6-8,10,16H2,1-2H3. The predicted molar refractivity (Wildman–Crippen MR) is 76.0 cm³/mol. The van der Waals surface area contributed by atoms with E-state index in [2.05, 4.69) is 47.1 Å². The molecule has 2 unspecified atom stereocenters. The number of methoxy groups -OCH3 is 1. The van der Waals surface area contributed by atoms with Crippen LogP contribution in [0.5, 0.6) is 0 Å². The van der Waals surface area contributed by atoms with Gasteiger partial charge in [0.1, 0.15) is 0 Å². The summed E-state index contributed by atoms with van der Waals surface area (Å²) in [7, 11) is 1.75. The van der Waals surface area contributed by atoms with Crippen molar-refractivity contribution in [1.82, 2.24) is 0 Å². The van der Waals surface area contributed by atoms with Crippen LogP contribution in [-0.4, -0.2) is 20.3 Å². The molecule has 0 aliphatic rings. The highest BCUT2D eigenvalue weighted by Crippen LogP contribution is 2.21. The average Bonchev–Trinajstić information content (AvgIpc) is 2.33. The maximum Gasteiger partial charge on any atom is 0.0464 e. The van der Waals surface area contributed by atoms with Crippen LogP contribution in [-0.2, 0) is 11.2 Å². The van der Waals surface area contributed by atoms with Gasteiger partial charge in [-0.15, -0.1) is 0 Å². The van der Waals surface area contributed by atoms with Crippen LogP contribution in [0.15, 0.2) is 28.7 Å². The van der Waals surface area contributed by atoms with Gasteiger partial charge in [0.05, 0.1) is 0 Å². The van der Waals surface area contributed by atoms with Crippen molar-refractivity contribution >= 4 is 15.9 Å². The van der Waals surface area contributed by atoms with Gasteiger partial charge in [-0.05, 0) is 48.9 Å². The van der Waals surface area contributed by atoms with E-state index in [4.69, 9.17) is 10.5 Å². The van der Waals surface area contributed by atoms with Gasteiger partial charge in [-0.1, -0.05) is 35.0 Å². The Kier molecular flexibility index (Phi) is 6.78. The third kappa shape index (κ3) is 5.19. The molecular weight excluding hydrogens is 278 g/mol. The maximum atomic E-state index is 5.88. The highest BCUT2D eigenvalue weighted by Gasteiger charge is 2.16. The smallest absolute Gasteiger partial charge is 0.0464 e. The third-order valence-corrected chi connectivity index (χ3v) is 3.76. The van der Waals surface area contributed by atoms with Crippen LogP contribution in [0.2, 0.25) is 0 Å². The van der Waals surface area contributed by atoms with Crippen LogP contribution in [0.3, 0.4) is 0 Å². The molecule has 0 amide bonds. The van der Waals surface area contributed by atoms with Gasteiger partial charge >= 0.3 is 0 Å². The number of ether oxygens (including phenoxy) is 1. The molecule has 0 aliphatic heterocycles. The summed E-state index contributed by atoms with van der Waals surface area (Å²) in [6.07, 6.45) is 2.12. The fraction of sp³-hybridized carbons (Fsp3) is 0.571. The SMILES string of the molecule is COCCC(C)C(CN)Cc1cccc(Br)c1. The van der Waals surface area contributed by atoms with Crippen LogP contribution >= 0.6 is 15.9 Å². The van der Waals surface area contributed by atoms with Crippen molar-refractivity contribution in [1.29, 1.82) is 0 Å². The Hall–Kier alpha value is -0.380. The minimum absolute atomic E-state index is 0.527. The first kappa shape index (κ1) is 14.7. The highest BCUT2D eigenvalue weighted by atomic mass is 79.9. The Morgan fingerprint density at radius 2 is 2.18 bits per heavy atom. The van der Waals surface area contributed by atoms with E-state index in [1.165, 1.54) is 5.56 Å². The summed E-state index contributed by atoms with van der Waals surface area (Å²) >= 11 is 3.50. The molecule has 0 saturated carbocycles. The monoisotopic (exact) mass is 299 g/mol. The van der Waals surface area contributed by atoms with Gasteiger partial charge in [0, 0.05) is 18.2 Å². The number of hydrogen-bond donors (Lipinski definition) is 1. The summed E-state index contributed by atoms with van der Waals surface area (Å²) in [6.45, 7) is 3.81. The Morgan fingerprint density at radius 3 is 2.76 bits per heavy atom. The molecule has 1 aromatic rings. The zero-order valence-corrected chi connectivity index (χ0v) is 12.2. The molecule has 0 aliphatic carbocycles. The number of nitrogens with two attached hydrogens (primary N) is 1. The van der Waals surface area contributed by atoms with E-state index in [1.807, 2.05) is 0 Å². The van der Waals surface area contributed by atoms with Crippen LogP contribution in [0.4, 0.5) is 0 Å². The van der Waals surface area contributed by atoms with Crippen molar-refractivity contribution < 1.29 is 4.74 Å². The van der Waals surface area contributed by atoms with Crippen molar-refractivity contribution in [3.63, 3.8) is 0 Å². The first-order chi connectivity index (χ1) is 8.17. The first-order valence-electron chi connectivity index (χ1n) is 6.10. The van der Waals surface area contributed by atoms with Gasteiger partial charge in [0.2, 0.25) is 0 Å². The summed E-state index contributed by atoms with van der Waals surface area (Å²) in [4.78, 5) is 0. The summed E-state index contributed by atoms with van der Waals surface area (Å²) in [5.74, 6) is 1.12. The van der Waals surface area contributed by atoms with Crippen LogP contribution < -0.4 is 5.73 Å². The minimum atomic E-state index is 0.527. The first-order valence-corrected chi connectivity index (χ1v) is 6.90. The van der Waals surface area contributed by atoms with Crippen LogP contribution in [0.1, 0.15) is 18.9 Å². The molecule has 0 fully saturated rings. The van der Waals surface area contributed by atoms with Crippen molar-refractivity contribution in [2.24, 2.45) is 17.6 Å². The zero-order chi connectivity index (χ0) is 12.7. The molecule has 2 N–H and O–H groups in total. The van der Waals surface area contributed by atoms with E-state index in [9.17, 15) is 0 Å². The Bertz CT molecular complexity index is 330. The Balaban J connectivity index is 2.56. The van der Waals surface area contributed by atoms with Gasteiger partial charge in [0.25, 0.3) is 0 Å². The molecule has 0 heterocycles. The lowest BCUT2D eigenvalue weighted by Gasteiger charge is -2.22. The molecule has 0 spiro atoms.